The molecule has 0 spiro atoms. The largest absolute Gasteiger partial charge is 0.394 e. The number of rotatable bonds is 9. The highest BCUT2D eigenvalue weighted by atomic mass is 32.2. The van der Waals surface area contributed by atoms with Gasteiger partial charge in [0.25, 0.3) is 0 Å². The maximum absolute atomic E-state index is 12.2. The molecule has 5 heteroatoms. The Bertz CT molecular complexity index is 481. The van der Waals surface area contributed by atoms with E-state index in [1.165, 1.54) is 6.26 Å². The van der Waals surface area contributed by atoms with Gasteiger partial charge >= 0.3 is 0 Å². The summed E-state index contributed by atoms with van der Waals surface area (Å²) in [6.45, 7) is 11.4. The average molecular weight is 313 g/mol. The summed E-state index contributed by atoms with van der Waals surface area (Å²) >= 11 is 0. The Labute approximate surface area is 123 Å². The molecule has 0 aliphatic heterocycles. The number of hydrogen-bond donors (Lipinski definition) is 0. The first-order chi connectivity index (χ1) is 9.35. The van der Waals surface area contributed by atoms with Crippen LogP contribution in [0.5, 0.6) is 0 Å². The Morgan fingerprint density at radius 3 is 2.00 bits per heavy atom. The molecule has 0 saturated heterocycles. The molecule has 1 aliphatic rings. The van der Waals surface area contributed by atoms with Gasteiger partial charge in [0.05, 0.1) is 0 Å². The highest BCUT2D eigenvalue weighted by Crippen LogP contribution is 2.38. The number of sulfone groups is 1. The lowest BCUT2D eigenvalue weighted by Gasteiger charge is -2.38. The summed E-state index contributed by atoms with van der Waals surface area (Å²) in [7, 11) is -5.66. The van der Waals surface area contributed by atoms with Crippen LogP contribution < -0.4 is 0 Å². The summed E-state index contributed by atoms with van der Waals surface area (Å²) in [6.07, 6.45) is 11.5. The molecule has 0 aromatic carbocycles. The van der Waals surface area contributed by atoms with E-state index in [0.717, 1.165) is 6.42 Å². The quantitative estimate of drug-likeness (QED) is 0.482. The van der Waals surface area contributed by atoms with E-state index >= 15 is 0 Å². The number of hydrogen-bond acceptors (Lipinski definition) is 3. The van der Waals surface area contributed by atoms with Crippen LogP contribution in [0.2, 0.25) is 18.1 Å². The molecule has 0 saturated carbocycles. The van der Waals surface area contributed by atoms with Crippen molar-refractivity contribution in [1.29, 1.82) is 0 Å². The maximum Gasteiger partial charge on any atom is 0.206 e. The van der Waals surface area contributed by atoms with Gasteiger partial charge in [-0.05, 0) is 37.0 Å². The summed E-state index contributed by atoms with van der Waals surface area (Å²) in [4.78, 5) is -1.17. The van der Waals surface area contributed by atoms with Crippen LogP contribution in [0.1, 0.15) is 12.8 Å². The van der Waals surface area contributed by atoms with Gasteiger partial charge in [-0.25, -0.2) is 8.42 Å². The first-order valence-corrected chi connectivity index (χ1v) is 11.2. The Kier molecular flexibility index (Phi) is 5.74. The minimum atomic E-state index is -3.33. The van der Waals surface area contributed by atoms with Gasteiger partial charge in [-0.2, -0.15) is 0 Å². The van der Waals surface area contributed by atoms with Gasteiger partial charge < -0.3 is 4.43 Å². The van der Waals surface area contributed by atoms with Gasteiger partial charge in [-0.3, -0.25) is 0 Å². The minimum Gasteiger partial charge on any atom is -0.394 e. The Hall–Kier alpha value is -0.913. The molecule has 20 heavy (non-hydrogen) atoms. The molecule has 1 atom stereocenters. The normalized spacial score (nSPS) is 22.6. The molecule has 0 aromatic heterocycles. The third kappa shape index (κ3) is 3.59. The van der Waals surface area contributed by atoms with Crippen molar-refractivity contribution in [3.05, 3.63) is 50.1 Å². The van der Waals surface area contributed by atoms with Crippen LogP contribution in [0.25, 0.3) is 0 Å². The van der Waals surface area contributed by atoms with E-state index in [4.69, 9.17) is 4.43 Å². The van der Waals surface area contributed by atoms with Crippen molar-refractivity contribution in [3.63, 3.8) is 0 Å². The SMILES string of the molecule is C=CC[Si](CC=C)(CC=C)OC1(S(C)(=O)=O)C=CCC1. The third-order valence-electron chi connectivity index (χ3n) is 3.60. The topological polar surface area (TPSA) is 43.4 Å². The van der Waals surface area contributed by atoms with Gasteiger partial charge in [0.2, 0.25) is 8.32 Å². The molecule has 0 bridgehead atoms. The van der Waals surface area contributed by atoms with Crippen molar-refractivity contribution < 1.29 is 12.8 Å². The van der Waals surface area contributed by atoms with E-state index in [2.05, 4.69) is 19.7 Å². The standard InChI is InChI=1S/C15H24O3SSi/c1-5-12-20(13-6-2,14-7-3)18-15(19(4,16)17)10-8-9-11-15/h5-8,10H,1-3,9,11-14H2,4H3. The molecule has 1 aliphatic carbocycles. The van der Waals surface area contributed by atoms with Crippen molar-refractivity contribution >= 4 is 18.2 Å². The second-order valence-electron chi connectivity index (χ2n) is 5.29. The van der Waals surface area contributed by atoms with Crippen LogP contribution in [0, 0.1) is 0 Å². The van der Waals surface area contributed by atoms with Crippen molar-refractivity contribution in [2.75, 3.05) is 6.26 Å². The third-order valence-corrected chi connectivity index (χ3v) is 9.32. The second kappa shape index (κ2) is 6.69. The lowest BCUT2D eigenvalue weighted by atomic mass is 10.3. The molecule has 0 aromatic rings. The van der Waals surface area contributed by atoms with E-state index in [0.29, 0.717) is 24.6 Å². The maximum atomic E-state index is 12.2. The molecule has 1 rings (SSSR count). The molecule has 0 amide bonds. The van der Waals surface area contributed by atoms with E-state index in [-0.39, 0.29) is 0 Å². The Balaban J connectivity index is 3.20. The predicted octanol–water partition coefficient (Wildman–Crippen LogP) is 3.60. The van der Waals surface area contributed by atoms with Crippen LogP contribution >= 0.6 is 0 Å². The monoisotopic (exact) mass is 312 g/mol. The fourth-order valence-corrected chi connectivity index (χ4v) is 7.83. The Morgan fingerprint density at radius 1 is 1.20 bits per heavy atom. The Morgan fingerprint density at radius 2 is 1.70 bits per heavy atom. The van der Waals surface area contributed by atoms with E-state index < -0.39 is 23.1 Å². The zero-order valence-electron chi connectivity index (χ0n) is 12.2. The molecular weight excluding hydrogens is 288 g/mol. The van der Waals surface area contributed by atoms with Crippen molar-refractivity contribution in [2.45, 2.75) is 35.9 Å². The van der Waals surface area contributed by atoms with Crippen LogP contribution in [0.4, 0.5) is 0 Å². The van der Waals surface area contributed by atoms with Gasteiger partial charge in [-0.1, -0.05) is 24.3 Å². The smallest absolute Gasteiger partial charge is 0.206 e. The molecule has 112 valence electrons. The average Bonchev–Trinajstić information content (AvgIpc) is 2.79. The van der Waals surface area contributed by atoms with Gasteiger partial charge in [0.15, 0.2) is 14.8 Å². The second-order valence-corrected chi connectivity index (χ2v) is 11.3. The predicted molar refractivity (Wildman–Crippen MR) is 87.8 cm³/mol. The van der Waals surface area contributed by atoms with Crippen LogP contribution in [0.3, 0.4) is 0 Å². The number of allylic oxidation sites excluding steroid dienone is 4. The van der Waals surface area contributed by atoms with E-state index in [1.54, 1.807) is 6.08 Å². The van der Waals surface area contributed by atoms with Crippen LogP contribution in [-0.2, 0) is 14.3 Å². The van der Waals surface area contributed by atoms with Crippen molar-refractivity contribution in [3.8, 4) is 0 Å². The lowest BCUT2D eigenvalue weighted by Crippen LogP contribution is -2.49. The highest BCUT2D eigenvalue weighted by molar-refractivity contribution is 7.92. The molecule has 0 radical (unpaired) electrons. The first kappa shape index (κ1) is 17.1. The van der Waals surface area contributed by atoms with E-state index in [9.17, 15) is 8.42 Å². The molecule has 0 fully saturated rings. The zero-order chi connectivity index (χ0) is 15.3. The van der Waals surface area contributed by atoms with Crippen LogP contribution in [-0.4, -0.2) is 27.9 Å². The first-order valence-electron chi connectivity index (χ1n) is 6.75. The van der Waals surface area contributed by atoms with Crippen molar-refractivity contribution in [1.82, 2.24) is 0 Å². The van der Waals surface area contributed by atoms with Crippen LogP contribution in [0.15, 0.2) is 50.1 Å². The summed E-state index contributed by atoms with van der Waals surface area (Å²) in [5, 5.41) is 0. The van der Waals surface area contributed by atoms with E-state index in [1.807, 2.05) is 24.3 Å². The minimum absolute atomic E-state index is 0.492. The highest BCUT2D eigenvalue weighted by Gasteiger charge is 2.48. The summed E-state index contributed by atoms with van der Waals surface area (Å²) in [5.74, 6) is 0. The summed E-state index contributed by atoms with van der Waals surface area (Å²) < 4.78 is 30.8. The molecule has 0 N–H and O–H groups in total. The summed E-state index contributed by atoms with van der Waals surface area (Å²) in [5.41, 5.74) is 0. The lowest BCUT2D eigenvalue weighted by molar-refractivity contribution is 0.188. The molecule has 0 heterocycles. The van der Waals surface area contributed by atoms with Crippen molar-refractivity contribution in [2.24, 2.45) is 0 Å². The molecule has 1 unspecified atom stereocenters. The molecule has 3 nitrogen and oxygen atoms in total. The fourth-order valence-electron chi connectivity index (χ4n) is 2.63. The fraction of sp³-hybridized carbons (Fsp3) is 0.467. The summed E-state index contributed by atoms with van der Waals surface area (Å²) in [6, 6.07) is 2.07. The van der Waals surface area contributed by atoms with Gasteiger partial charge in [0.1, 0.15) is 0 Å². The van der Waals surface area contributed by atoms with Gasteiger partial charge in [-0.15, -0.1) is 19.7 Å². The molecular formula is C15H24O3SSi. The zero-order valence-corrected chi connectivity index (χ0v) is 14.0. The van der Waals surface area contributed by atoms with Gasteiger partial charge in [0, 0.05) is 6.26 Å².